The number of ketones is 2. The number of carbonyl (C=O) groups excluding carboxylic acids is 6. The third-order valence-electron chi connectivity index (χ3n) is 9.77. The van der Waals surface area contributed by atoms with E-state index in [1.807, 2.05) is 12.2 Å². The summed E-state index contributed by atoms with van der Waals surface area (Å²) >= 11 is 0. The van der Waals surface area contributed by atoms with Crippen LogP contribution in [-0.4, -0.2) is 105 Å². The first-order chi connectivity index (χ1) is 30.8. The predicted molar refractivity (Wildman–Crippen MR) is 260 cm³/mol. The number of aliphatic hydroxyl groups excluding tert-OH is 3. The van der Waals surface area contributed by atoms with Gasteiger partial charge in [-0.3, -0.25) is 19.2 Å². The molecule has 0 amide bonds. The van der Waals surface area contributed by atoms with Crippen molar-refractivity contribution in [2.75, 3.05) is 39.6 Å². The number of ether oxygens (including phenoxy) is 4. The zero-order valence-corrected chi connectivity index (χ0v) is 43.6. The molecule has 3 radical (unpaired) electrons. The zero-order valence-electron chi connectivity index (χ0n) is 42.6. The number of aliphatic hydroxyl groups is 3. The quantitative estimate of drug-likeness (QED) is 0.0144. The molecule has 0 aromatic rings. The number of esters is 4. The number of unbranched alkanes of at least 4 members (excludes halogenated alkanes) is 20. The standard InChI is InChI=1S/C24H42O5.C24H40O5.C3H6O3.B.Na.H/c2*1-4-6-8-10-11-12-14-16-18-23(26)28-19-22(25)20-29-24(27)21(3)17-15-13-9-7-5-2;4-1-3(6)2-5;;;/h4,22,25H,1,3,5-20H2,2H3;4H,1,3,5-20H2,2H3;4-5H,1-2H2;;;/q;;;;+1;-1. The average molecular weight is 944 g/mol. The van der Waals surface area contributed by atoms with Crippen LogP contribution in [0.4, 0.5) is 0 Å². The van der Waals surface area contributed by atoms with Crippen LogP contribution < -0.4 is 29.6 Å². The minimum absolute atomic E-state index is 0. The topological polar surface area (TPSA) is 200 Å². The number of carbonyl (C=O) groups is 6. The summed E-state index contributed by atoms with van der Waals surface area (Å²) in [4.78, 5) is 68.4. The van der Waals surface area contributed by atoms with E-state index in [0.29, 0.717) is 36.8 Å². The van der Waals surface area contributed by atoms with Crippen molar-refractivity contribution < 1.29 is 94.0 Å². The molecule has 0 bridgehead atoms. The van der Waals surface area contributed by atoms with Crippen molar-refractivity contribution in [2.24, 2.45) is 0 Å². The smallest absolute Gasteiger partial charge is 1.00 e. The van der Waals surface area contributed by atoms with E-state index >= 15 is 0 Å². The van der Waals surface area contributed by atoms with Gasteiger partial charge >= 0.3 is 53.4 Å². The molecule has 15 heteroatoms. The van der Waals surface area contributed by atoms with Gasteiger partial charge in [-0.25, -0.2) is 9.59 Å². The number of rotatable bonds is 42. The van der Waals surface area contributed by atoms with E-state index in [9.17, 15) is 33.9 Å². The van der Waals surface area contributed by atoms with E-state index in [2.05, 4.69) is 40.2 Å². The third-order valence-corrected chi connectivity index (χ3v) is 9.77. The summed E-state index contributed by atoms with van der Waals surface area (Å²) in [6.07, 6.45) is 30.7. The molecule has 1 atom stereocenters. The Kier molecular flexibility index (Phi) is 61.7. The van der Waals surface area contributed by atoms with Crippen molar-refractivity contribution in [3.63, 3.8) is 0 Å². The second-order valence-electron chi connectivity index (χ2n) is 16.0. The van der Waals surface area contributed by atoms with Crippen LogP contribution >= 0.6 is 0 Å². The number of allylic oxidation sites excluding steroid dienone is 2. The third kappa shape index (κ3) is 55.5. The van der Waals surface area contributed by atoms with Crippen molar-refractivity contribution in [3.8, 4) is 0 Å². The molecule has 66 heavy (non-hydrogen) atoms. The first kappa shape index (κ1) is 72.1. The summed E-state index contributed by atoms with van der Waals surface area (Å²) in [5, 5.41) is 25.5. The Morgan fingerprint density at radius 3 is 1.21 bits per heavy atom. The van der Waals surface area contributed by atoms with Crippen molar-refractivity contribution >= 4 is 43.9 Å². The van der Waals surface area contributed by atoms with E-state index < -0.39 is 42.8 Å². The minimum Gasteiger partial charge on any atom is -1.00 e. The van der Waals surface area contributed by atoms with Crippen LogP contribution in [0.15, 0.2) is 49.6 Å². The fourth-order valence-electron chi connectivity index (χ4n) is 5.77. The fraction of sp³-hybridized carbons (Fsp3) is 0.725. The summed E-state index contributed by atoms with van der Waals surface area (Å²) in [6.45, 7) is 17.0. The second-order valence-corrected chi connectivity index (χ2v) is 16.0. The van der Waals surface area contributed by atoms with E-state index in [1.54, 1.807) is 0 Å². The largest absolute Gasteiger partial charge is 1.00 e. The number of hydrogen-bond donors (Lipinski definition) is 3. The Morgan fingerprint density at radius 1 is 0.485 bits per heavy atom. The Bertz CT molecular complexity index is 1280. The minimum atomic E-state index is -1.01. The van der Waals surface area contributed by atoms with Crippen LogP contribution in [0.25, 0.3) is 0 Å². The molecule has 0 aliphatic rings. The van der Waals surface area contributed by atoms with Gasteiger partial charge in [-0.05, 0) is 64.2 Å². The summed E-state index contributed by atoms with van der Waals surface area (Å²) in [5.74, 6) is -2.71. The summed E-state index contributed by atoms with van der Waals surface area (Å²) in [7, 11) is 0. The maximum Gasteiger partial charge on any atom is 1.00 e. The van der Waals surface area contributed by atoms with Gasteiger partial charge in [-0.2, -0.15) is 0 Å². The molecule has 0 saturated heterocycles. The molecule has 0 fully saturated rings. The van der Waals surface area contributed by atoms with Gasteiger partial charge in [0.15, 0.2) is 19.0 Å². The Hall–Kier alpha value is -2.88. The average Bonchev–Trinajstić information content (AvgIpc) is 3.29. The first-order valence-electron chi connectivity index (χ1n) is 24.0. The van der Waals surface area contributed by atoms with Crippen LogP contribution in [0.2, 0.25) is 0 Å². The van der Waals surface area contributed by atoms with Gasteiger partial charge in [0, 0.05) is 32.4 Å². The van der Waals surface area contributed by atoms with Gasteiger partial charge in [0.05, 0.1) is 0 Å². The van der Waals surface area contributed by atoms with Gasteiger partial charge < -0.3 is 35.7 Å². The van der Waals surface area contributed by atoms with Crippen LogP contribution in [0, 0.1) is 0 Å². The van der Waals surface area contributed by atoms with Gasteiger partial charge in [0.1, 0.15) is 32.5 Å². The van der Waals surface area contributed by atoms with Crippen molar-refractivity contribution in [1.82, 2.24) is 0 Å². The van der Waals surface area contributed by atoms with Crippen LogP contribution in [0.5, 0.6) is 0 Å². The molecule has 0 aromatic carbocycles. The monoisotopic (exact) mass is 944 g/mol. The Balaban J connectivity index is -0.000000237. The van der Waals surface area contributed by atoms with Gasteiger partial charge in [0.25, 0.3) is 0 Å². The molecule has 0 heterocycles. The van der Waals surface area contributed by atoms with Gasteiger partial charge in [-0.15, -0.1) is 13.2 Å². The molecule has 0 rings (SSSR count). The molecular weight excluding hydrogens is 854 g/mol. The molecule has 13 nitrogen and oxygen atoms in total. The zero-order chi connectivity index (χ0) is 48.5. The number of Topliss-reactive ketones (excluding diaryl/α,β-unsaturated/α-hetero) is 2. The van der Waals surface area contributed by atoms with Gasteiger partial charge in [-0.1, -0.05) is 142 Å². The van der Waals surface area contributed by atoms with Crippen molar-refractivity contribution in [1.29, 1.82) is 0 Å². The van der Waals surface area contributed by atoms with Crippen LogP contribution in [-0.2, 0) is 47.7 Å². The Morgan fingerprint density at radius 2 is 0.818 bits per heavy atom. The van der Waals surface area contributed by atoms with Crippen molar-refractivity contribution in [2.45, 2.75) is 200 Å². The van der Waals surface area contributed by atoms with Gasteiger partial charge in [0.2, 0.25) is 5.78 Å². The summed E-state index contributed by atoms with van der Waals surface area (Å²) in [5.41, 5.74) is 0.811. The molecular formula is C51H89BNaO13. The molecule has 0 aliphatic carbocycles. The Labute approximate surface area is 424 Å². The fourth-order valence-corrected chi connectivity index (χ4v) is 5.77. The molecule has 0 aliphatic heterocycles. The van der Waals surface area contributed by atoms with E-state index in [4.69, 9.17) is 29.2 Å². The first-order valence-corrected chi connectivity index (χ1v) is 24.0. The van der Waals surface area contributed by atoms with E-state index in [1.165, 1.54) is 64.2 Å². The summed E-state index contributed by atoms with van der Waals surface area (Å²) in [6, 6.07) is 0. The molecule has 0 spiro atoms. The molecule has 0 saturated carbocycles. The van der Waals surface area contributed by atoms with Crippen molar-refractivity contribution in [3.05, 3.63) is 49.6 Å². The predicted octanol–water partition coefficient (Wildman–Crippen LogP) is 6.80. The summed E-state index contributed by atoms with van der Waals surface area (Å²) < 4.78 is 20.0. The molecule has 0 aromatic heterocycles. The number of hydrogen-bond acceptors (Lipinski definition) is 13. The maximum absolute atomic E-state index is 11.8. The molecule has 375 valence electrons. The van der Waals surface area contributed by atoms with E-state index in [0.717, 1.165) is 89.9 Å². The van der Waals surface area contributed by atoms with Crippen LogP contribution in [0.1, 0.15) is 195 Å². The van der Waals surface area contributed by atoms with Crippen LogP contribution in [0.3, 0.4) is 0 Å². The van der Waals surface area contributed by atoms with E-state index in [-0.39, 0.29) is 77.8 Å². The normalized spacial score (nSPS) is 10.4. The maximum atomic E-state index is 11.8. The molecule has 3 N–H and O–H groups in total. The molecule has 1 unspecified atom stereocenters. The SMILES string of the molecule is C=CCCCCCCCCC(=O)OCC(=O)COC(=O)C(=C)CCCCCCC.C=CCCCCCCCCC(=O)OCC(O)COC(=O)C(=C)CCCCCCC.O=C(CO)CO.[B].[H-].[Na+]. The second kappa shape index (κ2) is 56.4.